The van der Waals surface area contributed by atoms with Crippen LogP contribution in [0.15, 0.2) is 24.3 Å². The molecule has 0 radical (unpaired) electrons. The largest absolute Gasteiger partial charge is 0.370 e. The number of hydrogen-bond acceptors (Lipinski definition) is 2. The highest BCUT2D eigenvalue weighted by Gasteiger charge is 2.32. The highest BCUT2D eigenvalue weighted by molar-refractivity contribution is 5.31. The molecule has 104 valence electrons. The summed E-state index contributed by atoms with van der Waals surface area (Å²) in [6, 6.07) is 9.51. The van der Waals surface area contributed by atoms with Gasteiger partial charge in [0.2, 0.25) is 0 Å². The summed E-state index contributed by atoms with van der Waals surface area (Å²) in [6.45, 7) is 3.36. The van der Waals surface area contributed by atoms with Crippen molar-refractivity contribution in [2.45, 2.75) is 63.7 Å². The molecule has 1 aromatic carbocycles. The van der Waals surface area contributed by atoms with E-state index in [1.54, 1.807) is 0 Å². The van der Waals surface area contributed by atoms with Gasteiger partial charge in [-0.25, -0.2) is 0 Å². The van der Waals surface area contributed by atoms with E-state index in [0.29, 0.717) is 18.2 Å². The second-order valence-corrected chi connectivity index (χ2v) is 5.96. The number of rotatable bonds is 5. The van der Waals surface area contributed by atoms with Gasteiger partial charge in [0.15, 0.2) is 0 Å². The first-order valence-corrected chi connectivity index (χ1v) is 7.83. The lowest BCUT2D eigenvalue weighted by atomic mass is 9.86. The van der Waals surface area contributed by atoms with Crippen LogP contribution >= 0.6 is 0 Å². The van der Waals surface area contributed by atoms with Gasteiger partial charge in [-0.1, -0.05) is 31.2 Å². The molecule has 1 atom stereocenters. The van der Waals surface area contributed by atoms with Gasteiger partial charge in [0, 0.05) is 6.04 Å². The van der Waals surface area contributed by atoms with Crippen molar-refractivity contribution in [3.8, 4) is 0 Å². The van der Waals surface area contributed by atoms with Gasteiger partial charge < -0.3 is 10.1 Å². The molecular formula is C17H25NO. The average Bonchev–Trinajstić information content (AvgIpc) is 2.41. The predicted molar refractivity (Wildman–Crippen MR) is 78.3 cm³/mol. The van der Waals surface area contributed by atoms with Crippen LogP contribution < -0.4 is 5.32 Å². The molecule has 2 aliphatic carbocycles. The minimum Gasteiger partial charge on any atom is -0.370 e. The Bertz CT molecular complexity index is 411. The molecule has 1 unspecified atom stereocenters. The van der Waals surface area contributed by atoms with E-state index < -0.39 is 0 Å². The van der Waals surface area contributed by atoms with Gasteiger partial charge in [-0.05, 0) is 56.2 Å². The van der Waals surface area contributed by atoms with Crippen LogP contribution in [0, 0.1) is 0 Å². The van der Waals surface area contributed by atoms with Crippen molar-refractivity contribution in [2.24, 2.45) is 0 Å². The topological polar surface area (TPSA) is 21.3 Å². The first-order valence-electron chi connectivity index (χ1n) is 7.83. The first kappa shape index (κ1) is 13.1. The van der Waals surface area contributed by atoms with E-state index in [9.17, 15) is 0 Å². The predicted octanol–water partition coefficient (Wildman–Crippen LogP) is 3.61. The molecular weight excluding hydrogens is 234 g/mol. The molecule has 1 aromatic rings. The number of aryl methyl sites for hydroxylation is 1. The van der Waals surface area contributed by atoms with Crippen LogP contribution in [0.25, 0.3) is 0 Å². The van der Waals surface area contributed by atoms with E-state index in [2.05, 4.69) is 36.5 Å². The third-order valence-electron chi connectivity index (χ3n) is 4.45. The molecule has 0 aliphatic heterocycles. The molecule has 0 amide bonds. The van der Waals surface area contributed by atoms with Crippen molar-refractivity contribution in [1.29, 1.82) is 0 Å². The second-order valence-electron chi connectivity index (χ2n) is 5.96. The smallest absolute Gasteiger partial charge is 0.0831 e. The summed E-state index contributed by atoms with van der Waals surface area (Å²) in [5.74, 6) is 0. The summed E-state index contributed by atoms with van der Waals surface area (Å²) in [4.78, 5) is 0. The Hall–Kier alpha value is -0.860. The number of benzene rings is 1. The summed E-state index contributed by atoms with van der Waals surface area (Å²) < 4.78 is 6.32. The third-order valence-corrected chi connectivity index (χ3v) is 4.45. The number of fused-ring (bicyclic) bond motifs is 1. The molecule has 2 nitrogen and oxygen atoms in total. The Morgan fingerprint density at radius 1 is 1.26 bits per heavy atom. The summed E-state index contributed by atoms with van der Waals surface area (Å²) in [6.07, 6.45) is 8.12. The van der Waals surface area contributed by atoms with Gasteiger partial charge in [0.1, 0.15) is 0 Å². The van der Waals surface area contributed by atoms with Crippen molar-refractivity contribution in [1.82, 2.24) is 5.32 Å². The van der Waals surface area contributed by atoms with Gasteiger partial charge in [0.25, 0.3) is 0 Å². The lowest BCUT2D eigenvalue weighted by Crippen LogP contribution is -2.46. The van der Waals surface area contributed by atoms with Crippen LogP contribution in [-0.2, 0) is 11.2 Å². The monoisotopic (exact) mass is 259 g/mol. The van der Waals surface area contributed by atoms with Gasteiger partial charge >= 0.3 is 0 Å². The Balaban J connectivity index is 1.52. The molecule has 2 aliphatic rings. The average molecular weight is 259 g/mol. The molecule has 0 spiro atoms. The molecule has 0 aromatic heterocycles. The highest BCUT2D eigenvalue weighted by Crippen LogP contribution is 2.36. The molecule has 1 fully saturated rings. The normalized spacial score (nSPS) is 29.6. The minimum atomic E-state index is 0.349. The van der Waals surface area contributed by atoms with Gasteiger partial charge in [-0.2, -0.15) is 0 Å². The Kier molecular flexibility index (Phi) is 4.19. The zero-order valence-corrected chi connectivity index (χ0v) is 11.9. The van der Waals surface area contributed by atoms with Crippen molar-refractivity contribution >= 4 is 0 Å². The molecule has 0 heterocycles. The van der Waals surface area contributed by atoms with Crippen molar-refractivity contribution in [3.63, 3.8) is 0 Å². The molecule has 3 rings (SSSR count). The van der Waals surface area contributed by atoms with Crippen LogP contribution in [0.1, 0.15) is 56.3 Å². The molecule has 0 saturated heterocycles. The number of hydrogen-bond donors (Lipinski definition) is 1. The van der Waals surface area contributed by atoms with E-state index in [0.717, 1.165) is 6.54 Å². The zero-order valence-electron chi connectivity index (χ0n) is 11.9. The fourth-order valence-corrected chi connectivity index (χ4v) is 3.27. The minimum absolute atomic E-state index is 0.349. The summed E-state index contributed by atoms with van der Waals surface area (Å²) in [5, 5.41) is 3.58. The molecule has 1 N–H and O–H groups in total. The SMILES string of the molecule is CCCNC1CC(OC2CCCc3ccccc32)C1. The number of nitrogens with one attached hydrogen (secondary N) is 1. The molecule has 2 heteroatoms. The fraction of sp³-hybridized carbons (Fsp3) is 0.647. The summed E-state index contributed by atoms with van der Waals surface area (Å²) in [5.41, 5.74) is 2.94. The standard InChI is InChI=1S/C17H25NO/c1-2-10-18-14-11-15(12-14)19-17-9-5-7-13-6-3-4-8-16(13)17/h3-4,6,8,14-15,17-18H,2,5,7,9-12H2,1H3. The molecule has 1 saturated carbocycles. The summed E-state index contributed by atoms with van der Waals surface area (Å²) >= 11 is 0. The Labute approximate surface area is 116 Å². The Morgan fingerprint density at radius 2 is 2.11 bits per heavy atom. The van der Waals surface area contributed by atoms with E-state index in [1.165, 1.54) is 49.7 Å². The summed E-state index contributed by atoms with van der Waals surface area (Å²) in [7, 11) is 0. The zero-order chi connectivity index (χ0) is 13.1. The van der Waals surface area contributed by atoms with Crippen LogP contribution in [-0.4, -0.2) is 18.7 Å². The van der Waals surface area contributed by atoms with Gasteiger partial charge in [-0.15, -0.1) is 0 Å². The van der Waals surface area contributed by atoms with Crippen LogP contribution in [0.2, 0.25) is 0 Å². The van der Waals surface area contributed by atoms with Gasteiger partial charge in [-0.3, -0.25) is 0 Å². The lowest BCUT2D eigenvalue weighted by molar-refractivity contribution is -0.0721. The Morgan fingerprint density at radius 3 is 2.95 bits per heavy atom. The van der Waals surface area contributed by atoms with E-state index in [1.807, 2.05) is 0 Å². The highest BCUT2D eigenvalue weighted by atomic mass is 16.5. The molecule has 0 bridgehead atoms. The maximum absolute atomic E-state index is 6.32. The third kappa shape index (κ3) is 3.01. The van der Waals surface area contributed by atoms with Crippen LogP contribution in [0.4, 0.5) is 0 Å². The van der Waals surface area contributed by atoms with Gasteiger partial charge in [0.05, 0.1) is 12.2 Å². The van der Waals surface area contributed by atoms with Crippen LogP contribution in [0.3, 0.4) is 0 Å². The fourth-order valence-electron chi connectivity index (χ4n) is 3.27. The second kappa shape index (κ2) is 6.06. The van der Waals surface area contributed by atoms with Crippen molar-refractivity contribution < 1.29 is 4.74 Å². The maximum atomic E-state index is 6.32. The van der Waals surface area contributed by atoms with Crippen LogP contribution in [0.5, 0.6) is 0 Å². The maximum Gasteiger partial charge on any atom is 0.0831 e. The van der Waals surface area contributed by atoms with Crippen molar-refractivity contribution in [2.75, 3.05) is 6.54 Å². The molecule has 19 heavy (non-hydrogen) atoms. The lowest BCUT2D eigenvalue weighted by Gasteiger charge is -2.39. The van der Waals surface area contributed by atoms with E-state index >= 15 is 0 Å². The number of ether oxygens (including phenoxy) is 1. The van der Waals surface area contributed by atoms with Crippen molar-refractivity contribution in [3.05, 3.63) is 35.4 Å². The quantitative estimate of drug-likeness (QED) is 0.872. The van der Waals surface area contributed by atoms with E-state index in [-0.39, 0.29) is 0 Å². The van der Waals surface area contributed by atoms with E-state index in [4.69, 9.17) is 4.74 Å². The first-order chi connectivity index (χ1) is 9.36.